The SMILES string of the molecule is COc1cc2c(=O)oc3ccc(F)cc3c2cc1OC. The molecule has 0 radical (unpaired) electrons. The number of halogens is 1. The fourth-order valence-corrected chi connectivity index (χ4v) is 2.23. The first-order chi connectivity index (χ1) is 9.63. The van der Waals surface area contributed by atoms with Crippen molar-refractivity contribution in [2.75, 3.05) is 14.2 Å². The zero-order valence-electron chi connectivity index (χ0n) is 10.9. The second kappa shape index (κ2) is 4.52. The molecule has 0 saturated carbocycles. The molecule has 0 aliphatic rings. The smallest absolute Gasteiger partial charge is 0.344 e. The molecular weight excluding hydrogens is 263 g/mol. The molecular formula is C15H11FO4. The molecule has 0 atom stereocenters. The van der Waals surface area contributed by atoms with E-state index in [4.69, 9.17) is 13.9 Å². The van der Waals surface area contributed by atoms with E-state index in [1.807, 2.05) is 0 Å². The zero-order valence-corrected chi connectivity index (χ0v) is 10.9. The predicted molar refractivity (Wildman–Crippen MR) is 73.1 cm³/mol. The minimum Gasteiger partial charge on any atom is -0.493 e. The third kappa shape index (κ3) is 1.79. The van der Waals surface area contributed by atoms with Gasteiger partial charge in [0.2, 0.25) is 0 Å². The lowest BCUT2D eigenvalue weighted by molar-refractivity contribution is 0.355. The Morgan fingerprint density at radius 2 is 1.60 bits per heavy atom. The Bertz CT molecular complexity index is 867. The van der Waals surface area contributed by atoms with Gasteiger partial charge < -0.3 is 13.9 Å². The van der Waals surface area contributed by atoms with Crippen LogP contribution in [-0.2, 0) is 0 Å². The number of ether oxygens (including phenoxy) is 2. The molecule has 102 valence electrons. The van der Waals surface area contributed by atoms with E-state index in [0.717, 1.165) is 0 Å². The maximum atomic E-state index is 13.4. The molecule has 0 bridgehead atoms. The van der Waals surface area contributed by atoms with Crippen LogP contribution >= 0.6 is 0 Å². The highest BCUT2D eigenvalue weighted by atomic mass is 19.1. The standard InChI is InChI=1S/C15H11FO4/c1-18-13-6-9-10-5-8(16)3-4-12(10)20-15(17)11(9)7-14(13)19-2/h3-7H,1-2H3. The molecule has 0 spiro atoms. The summed E-state index contributed by atoms with van der Waals surface area (Å²) >= 11 is 0. The lowest BCUT2D eigenvalue weighted by Crippen LogP contribution is -2.01. The topological polar surface area (TPSA) is 48.7 Å². The molecule has 5 heteroatoms. The minimum absolute atomic E-state index is 0.320. The second-order valence-corrected chi connectivity index (χ2v) is 4.28. The Kier molecular flexibility index (Phi) is 2.82. The third-order valence-electron chi connectivity index (χ3n) is 3.18. The van der Waals surface area contributed by atoms with Gasteiger partial charge in [0, 0.05) is 10.8 Å². The highest BCUT2D eigenvalue weighted by Crippen LogP contribution is 2.34. The van der Waals surface area contributed by atoms with Gasteiger partial charge in [-0.2, -0.15) is 0 Å². The van der Waals surface area contributed by atoms with Crippen molar-refractivity contribution in [2.24, 2.45) is 0 Å². The Morgan fingerprint density at radius 1 is 0.950 bits per heavy atom. The third-order valence-corrected chi connectivity index (χ3v) is 3.18. The molecule has 0 N–H and O–H groups in total. The predicted octanol–water partition coefficient (Wildman–Crippen LogP) is 3.10. The number of hydrogen-bond donors (Lipinski definition) is 0. The van der Waals surface area contributed by atoms with E-state index in [2.05, 4.69) is 0 Å². The summed E-state index contributed by atoms with van der Waals surface area (Å²) in [6.45, 7) is 0. The van der Waals surface area contributed by atoms with Crippen LogP contribution in [-0.4, -0.2) is 14.2 Å². The van der Waals surface area contributed by atoms with Gasteiger partial charge in [-0.25, -0.2) is 9.18 Å². The average Bonchev–Trinajstić information content (AvgIpc) is 2.47. The van der Waals surface area contributed by atoms with Crippen LogP contribution in [0, 0.1) is 5.82 Å². The Balaban J connectivity index is 2.53. The molecule has 0 saturated heterocycles. The molecule has 0 fully saturated rings. The molecule has 4 nitrogen and oxygen atoms in total. The van der Waals surface area contributed by atoms with Crippen molar-refractivity contribution >= 4 is 21.7 Å². The van der Waals surface area contributed by atoms with Gasteiger partial charge in [-0.1, -0.05) is 0 Å². The first-order valence-electron chi connectivity index (χ1n) is 5.92. The van der Waals surface area contributed by atoms with Crippen molar-refractivity contribution in [2.45, 2.75) is 0 Å². The summed E-state index contributed by atoms with van der Waals surface area (Å²) < 4.78 is 29.0. The summed E-state index contributed by atoms with van der Waals surface area (Å²) in [7, 11) is 2.98. The van der Waals surface area contributed by atoms with Crippen LogP contribution in [0.5, 0.6) is 11.5 Å². The van der Waals surface area contributed by atoms with Gasteiger partial charge >= 0.3 is 5.63 Å². The van der Waals surface area contributed by atoms with Crippen LogP contribution in [0.15, 0.2) is 39.5 Å². The first kappa shape index (κ1) is 12.5. The van der Waals surface area contributed by atoms with E-state index in [1.165, 1.54) is 38.5 Å². The van der Waals surface area contributed by atoms with Gasteiger partial charge in [-0.05, 0) is 30.3 Å². The lowest BCUT2D eigenvalue weighted by Gasteiger charge is -2.09. The molecule has 1 heterocycles. The average molecular weight is 274 g/mol. The van der Waals surface area contributed by atoms with Crippen molar-refractivity contribution in [1.82, 2.24) is 0 Å². The van der Waals surface area contributed by atoms with E-state index in [1.54, 1.807) is 6.07 Å². The van der Waals surface area contributed by atoms with Gasteiger partial charge in [-0.15, -0.1) is 0 Å². The van der Waals surface area contributed by atoms with Gasteiger partial charge in [0.1, 0.15) is 11.4 Å². The van der Waals surface area contributed by atoms with Crippen LogP contribution in [0.3, 0.4) is 0 Å². The van der Waals surface area contributed by atoms with Crippen molar-refractivity contribution in [3.63, 3.8) is 0 Å². The van der Waals surface area contributed by atoms with Crippen LogP contribution in [0.1, 0.15) is 0 Å². The Morgan fingerprint density at radius 3 is 2.25 bits per heavy atom. The van der Waals surface area contributed by atoms with E-state index in [0.29, 0.717) is 33.2 Å². The molecule has 20 heavy (non-hydrogen) atoms. The molecule has 1 aromatic heterocycles. The minimum atomic E-state index is -0.500. The number of methoxy groups -OCH3 is 2. The quantitative estimate of drug-likeness (QED) is 0.532. The fraction of sp³-hybridized carbons (Fsp3) is 0.133. The largest absolute Gasteiger partial charge is 0.493 e. The second-order valence-electron chi connectivity index (χ2n) is 4.28. The zero-order chi connectivity index (χ0) is 14.3. The number of hydrogen-bond acceptors (Lipinski definition) is 4. The van der Waals surface area contributed by atoms with Gasteiger partial charge in [0.25, 0.3) is 0 Å². The van der Waals surface area contributed by atoms with E-state index in [-0.39, 0.29) is 0 Å². The summed E-state index contributed by atoms with van der Waals surface area (Å²) in [6, 6.07) is 7.18. The molecule has 3 aromatic rings. The summed E-state index contributed by atoms with van der Waals surface area (Å²) in [6.07, 6.45) is 0. The maximum Gasteiger partial charge on any atom is 0.344 e. The molecule has 0 aliphatic heterocycles. The van der Waals surface area contributed by atoms with Crippen LogP contribution in [0.2, 0.25) is 0 Å². The van der Waals surface area contributed by atoms with Crippen molar-refractivity contribution in [1.29, 1.82) is 0 Å². The Hall–Kier alpha value is -2.56. The maximum absolute atomic E-state index is 13.4. The van der Waals surface area contributed by atoms with Crippen molar-refractivity contribution in [3.8, 4) is 11.5 Å². The van der Waals surface area contributed by atoms with Gasteiger partial charge in [-0.3, -0.25) is 0 Å². The van der Waals surface area contributed by atoms with Crippen LogP contribution < -0.4 is 15.1 Å². The van der Waals surface area contributed by atoms with Gasteiger partial charge in [0.05, 0.1) is 19.6 Å². The lowest BCUT2D eigenvalue weighted by atomic mass is 10.1. The normalized spacial score (nSPS) is 10.9. The highest BCUT2D eigenvalue weighted by molar-refractivity contribution is 6.05. The molecule has 0 unspecified atom stereocenters. The van der Waals surface area contributed by atoms with E-state index >= 15 is 0 Å². The fourth-order valence-electron chi connectivity index (χ4n) is 2.23. The summed E-state index contributed by atoms with van der Waals surface area (Å²) in [4.78, 5) is 12.0. The van der Waals surface area contributed by atoms with Gasteiger partial charge in [0.15, 0.2) is 11.5 Å². The summed E-state index contributed by atoms with van der Waals surface area (Å²) in [5, 5.41) is 1.40. The van der Waals surface area contributed by atoms with E-state index in [9.17, 15) is 9.18 Å². The molecule has 3 rings (SSSR count). The van der Waals surface area contributed by atoms with Crippen LogP contribution in [0.4, 0.5) is 4.39 Å². The van der Waals surface area contributed by atoms with Crippen molar-refractivity contribution in [3.05, 3.63) is 46.6 Å². The summed E-state index contributed by atoms with van der Waals surface area (Å²) in [5.74, 6) is 0.488. The highest BCUT2D eigenvalue weighted by Gasteiger charge is 2.13. The van der Waals surface area contributed by atoms with E-state index < -0.39 is 11.4 Å². The number of benzene rings is 2. The first-order valence-corrected chi connectivity index (χ1v) is 5.92. The number of fused-ring (bicyclic) bond motifs is 3. The Labute approximate surface area is 113 Å². The molecule has 0 aliphatic carbocycles. The van der Waals surface area contributed by atoms with Crippen molar-refractivity contribution < 1.29 is 18.3 Å². The van der Waals surface area contributed by atoms with Crippen LogP contribution in [0.25, 0.3) is 21.7 Å². The number of rotatable bonds is 2. The molecule has 2 aromatic carbocycles. The monoisotopic (exact) mass is 274 g/mol. The molecule has 0 amide bonds. The summed E-state index contributed by atoms with van der Waals surface area (Å²) in [5.41, 5.74) is -0.170.